The van der Waals surface area contributed by atoms with Crippen LogP contribution in [-0.4, -0.2) is 92.0 Å². The third-order valence-corrected chi connectivity index (χ3v) is 7.08. The molecule has 2 saturated heterocycles. The van der Waals surface area contributed by atoms with E-state index in [-0.39, 0.29) is 35.9 Å². The molecule has 32 heavy (non-hydrogen) atoms. The molecule has 9 heteroatoms. The topological polar surface area (TPSA) is 63.2 Å². The molecule has 3 rings (SSSR count). The van der Waals surface area contributed by atoms with E-state index in [2.05, 4.69) is 56.8 Å². The van der Waals surface area contributed by atoms with E-state index in [1.165, 1.54) is 17.7 Å². The summed E-state index contributed by atoms with van der Waals surface area (Å²) in [6, 6.07) is 5.09. The molecule has 0 saturated carbocycles. The van der Waals surface area contributed by atoms with Gasteiger partial charge in [0.15, 0.2) is 5.96 Å². The molecule has 7 nitrogen and oxygen atoms in total. The zero-order valence-electron chi connectivity index (χ0n) is 20.0. The van der Waals surface area contributed by atoms with E-state index in [9.17, 15) is 4.79 Å². The second kappa shape index (κ2) is 13.7. The number of thiophene rings is 1. The molecule has 182 valence electrons. The molecule has 2 aliphatic rings. The third-order valence-electron chi connectivity index (χ3n) is 6.14. The number of hydrogen-bond acceptors (Lipinski definition) is 5. The molecular formula is C23H41IN6OS. The number of rotatable bonds is 7. The lowest BCUT2D eigenvalue weighted by Crippen LogP contribution is -2.54. The summed E-state index contributed by atoms with van der Waals surface area (Å²) < 4.78 is 0. The molecule has 1 amide bonds. The second-order valence-electron chi connectivity index (χ2n) is 9.02. The highest BCUT2D eigenvalue weighted by atomic mass is 127. The maximum atomic E-state index is 12.1. The largest absolute Gasteiger partial charge is 0.357 e. The molecule has 0 aromatic carbocycles. The van der Waals surface area contributed by atoms with Crippen molar-refractivity contribution in [2.75, 3.05) is 59.4 Å². The second-order valence-corrected chi connectivity index (χ2v) is 10.0. The molecule has 2 unspecified atom stereocenters. The van der Waals surface area contributed by atoms with Crippen molar-refractivity contribution < 1.29 is 4.79 Å². The average molecular weight is 577 g/mol. The quantitative estimate of drug-likeness (QED) is 0.297. The SMILES string of the molecule is CCNC(=NCC1CCCN(C)C1c1cccs1)N1CCN(CC(=O)NC(C)C)CC1.I. The minimum atomic E-state index is 0. The lowest BCUT2D eigenvalue weighted by Gasteiger charge is -2.39. The van der Waals surface area contributed by atoms with Gasteiger partial charge in [0.25, 0.3) is 0 Å². The molecule has 2 atom stereocenters. The van der Waals surface area contributed by atoms with Crippen molar-refractivity contribution in [2.24, 2.45) is 10.9 Å². The maximum absolute atomic E-state index is 12.1. The first-order chi connectivity index (χ1) is 15.0. The predicted molar refractivity (Wildman–Crippen MR) is 145 cm³/mol. The van der Waals surface area contributed by atoms with Crippen LogP contribution in [0.3, 0.4) is 0 Å². The molecule has 1 aromatic rings. The van der Waals surface area contributed by atoms with Crippen molar-refractivity contribution >= 4 is 47.2 Å². The zero-order valence-corrected chi connectivity index (χ0v) is 23.2. The van der Waals surface area contributed by atoms with Crippen molar-refractivity contribution in [1.82, 2.24) is 25.3 Å². The molecule has 2 N–H and O–H groups in total. The number of likely N-dealkylation sites (tertiary alicyclic amines) is 1. The number of piperazine rings is 1. The maximum Gasteiger partial charge on any atom is 0.234 e. The summed E-state index contributed by atoms with van der Waals surface area (Å²) in [6.45, 7) is 13.1. The van der Waals surface area contributed by atoms with Gasteiger partial charge >= 0.3 is 0 Å². The fourth-order valence-electron chi connectivity index (χ4n) is 4.68. The lowest BCUT2D eigenvalue weighted by molar-refractivity contribution is -0.123. The van der Waals surface area contributed by atoms with Crippen molar-refractivity contribution in [1.29, 1.82) is 0 Å². The first-order valence-electron chi connectivity index (χ1n) is 11.8. The monoisotopic (exact) mass is 576 g/mol. The van der Waals surface area contributed by atoms with Crippen LogP contribution in [0.5, 0.6) is 0 Å². The Hall–Kier alpha value is -0.910. The standard InChI is InChI=1S/C23H40N6OS.HI/c1-5-24-23(29-13-11-28(12-14-29)17-21(30)26-18(2)3)25-16-19-8-6-10-27(4)22(19)20-9-7-15-31-20;/h7,9,15,18-19,22H,5-6,8,10-14,16-17H2,1-4H3,(H,24,25)(H,26,30);1H. The van der Waals surface area contributed by atoms with E-state index in [4.69, 9.17) is 4.99 Å². The van der Waals surface area contributed by atoms with Gasteiger partial charge in [0.05, 0.1) is 6.54 Å². The van der Waals surface area contributed by atoms with Gasteiger partial charge in [-0.15, -0.1) is 35.3 Å². The lowest BCUT2D eigenvalue weighted by atomic mass is 9.88. The van der Waals surface area contributed by atoms with Gasteiger partial charge < -0.3 is 15.5 Å². The van der Waals surface area contributed by atoms with Crippen LogP contribution in [0.1, 0.15) is 44.5 Å². The van der Waals surface area contributed by atoms with Gasteiger partial charge in [-0.2, -0.15) is 0 Å². The van der Waals surface area contributed by atoms with Crippen LogP contribution in [0.25, 0.3) is 0 Å². The van der Waals surface area contributed by atoms with Crippen molar-refractivity contribution in [2.45, 2.75) is 45.7 Å². The van der Waals surface area contributed by atoms with Gasteiger partial charge in [-0.3, -0.25) is 19.6 Å². The van der Waals surface area contributed by atoms with Gasteiger partial charge in [0, 0.05) is 56.2 Å². The van der Waals surface area contributed by atoms with E-state index < -0.39 is 0 Å². The molecule has 3 heterocycles. The summed E-state index contributed by atoms with van der Waals surface area (Å²) in [4.78, 5) is 25.7. The Kier molecular flexibility index (Phi) is 11.7. The molecule has 0 bridgehead atoms. The number of carbonyl (C=O) groups excluding carboxylic acids is 1. The Bertz CT molecular complexity index is 705. The number of nitrogens with zero attached hydrogens (tertiary/aromatic N) is 4. The van der Waals surface area contributed by atoms with Gasteiger partial charge in [-0.25, -0.2) is 0 Å². The van der Waals surface area contributed by atoms with Gasteiger partial charge in [-0.05, 0) is 64.6 Å². The van der Waals surface area contributed by atoms with E-state index in [0.29, 0.717) is 18.5 Å². The van der Waals surface area contributed by atoms with Crippen LogP contribution in [0.2, 0.25) is 0 Å². The summed E-state index contributed by atoms with van der Waals surface area (Å²) >= 11 is 1.86. The number of nitrogens with one attached hydrogen (secondary N) is 2. The number of guanidine groups is 1. The van der Waals surface area contributed by atoms with E-state index in [0.717, 1.165) is 51.8 Å². The zero-order chi connectivity index (χ0) is 22.2. The molecule has 1 aromatic heterocycles. The van der Waals surface area contributed by atoms with Crippen LogP contribution < -0.4 is 10.6 Å². The van der Waals surface area contributed by atoms with Gasteiger partial charge in [-0.1, -0.05) is 6.07 Å². The molecule has 2 aliphatic heterocycles. The highest BCUT2D eigenvalue weighted by molar-refractivity contribution is 14.0. The molecule has 2 fully saturated rings. The minimum absolute atomic E-state index is 0. The Labute approximate surface area is 215 Å². The first kappa shape index (κ1) is 27.3. The number of aliphatic imine (C=N–C) groups is 1. The van der Waals surface area contributed by atoms with E-state index in [1.54, 1.807) is 0 Å². The number of piperidine rings is 1. The smallest absolute Gasteiger partial charge is 0.234 e. The Morgan fingerprint density at radius 1 is 1.25 bits per heavy atom. The summed E-state index contributed by atoms with van der Waals surface area (Å²) in [7, 11) is 2.25. The van der Waals surface area contributed by atoms with E-state index in [1.807, 2.05) is 25.2 Å². The summed E-state index contributed by atoms with van der Waals surface area (Å²) in [5.41, 5.74) is 0. The van der Waals surface area contributed by atoms with Crippen molar-refractivity contribution in [3.8, 4) is 0 Å². The fourth-order valence-corrected chi connectivity index (χ4v) is 5.66. The van der Waals surface area contributed by atoms with Gasteiger partial charge in [0.1, 0.15) is 0 Å². The van der Waals surface area contributed by atoms with E-state index >= 15 is 0 Å². The van der Waals surface area contributed by atoms with Crippen LogP contribution in [0, 0.1) is 5.92 Å². The molecule has 0 radical (unpaired) electrons. The Morgan fingerprint density at radius 3 is 2.62 bits per heavy atom. The number of hydrogen-bond donors (Lipinski definition) is 2. The van der Waals surface area contributed by atoms with Crippen LogP contribution >= 0.6 is 35.3 Å². The summed E-state index contributed by atoms with van der Waals surface area (Å²) in [6.07, 6.45) is 2.47. The van der Waals surface area contributed by atoms with Crippen molar-refractivity contribution in [3.05, 3.63) is 22.4 Å². The number of carbonyl (C=O) groups is 1. The fraction of sp³-hybridized carbons (Fsp3) is 0.739. The first-order valence-corrected chi connectivity index (χ1v) is 12.6. The predicted octanol–water partition coefficient (Wildman–Crippen LogP) is 2.86. The third kappa shape index (κ3) is 7.85. The molecule has 0 spiro atoms. The van der Waals surface area contributed by atoms with Crippen LogP contribution in [-0.2, 0) is 4.79 Å². The molecule has 0 aliphatic carbocycles. The van der Waals surface area contributed by atoms with Crippen molar-refractivity contribution in [3.63, 3.8) is 0 Å². The highest BCUT2D eigenvalue weighted by Gasteiger charge is 2.31. The molecular weight excluding hydrogens is 535 g/mol. The number of amides is 1. The summed E-state index contributed by atoms with van der Waals surface area (Å²) in [5, 5.41) is 8.67. The average Bonchev–Trinajstić information content (AvgIpc) is 3.25. The van der Waals surface area contributed by atoms with Gasteiger partial charge in [0.2, 0.25) is 5.91 Å². The number of halogens is 1. The Morgan fingerprint density at radius 2 is 2.00 bits per heavy atom. The normalized spacial score (nSPS) is 23.2. The van der Waals surface area contributed by atoms with Crippen LogP contribution in [0.4, 0.5) is 0 Å². The van der Waals surface area contributed by atoms with Crippen LogP contribution in [0.15, 0.2) is 22.5 Å². The minimum Gasteiger partial charge on any atom is -0.357 e. The highest BCUT2D eigenvalue weighted by Crippen LogP contribution is 2.37. The summed E-state index contributed by atoms with van der Waals surface area (Å²) in [5.74, 6) is 1.68. The Balaban J connectivity index is 0.00000363.